The normalized spacial score (nSPS) is 10.7. The molecule has 1 heterocycles. The van der Waals surface area contributed by atoms with Crippen LogP contribution in [0.4, 0.5) is 4.79 Å². The van der Waals surface area contributed by atoms with Crippen LogP contribution < -0.4 is 27.3 Å². The predicted molar refractivity (Wildman–Crippen MR) is 144 cm³/mol. The van der Waals surface area contributed by atoms with Gasteiger partial charge in [-0.05, 0) is 36.8 Å². The number of ether oxygens (including phenoxy) is 2. The van der Waals surface area contributed by atoms with E-state index in [1.54, 1.807) is 29.7 Å². The van der Waals surface area contributed by atoms with Crippen molar-refractivity contribution < 1.29 is 34.4 Å². The van der Waals surface area contributed by atoms with E-state index in [2.05, 4.69) is 16.6 Å². The van der Waals surface area contributed by atoms with Gasteiger partial charge in [0.1, 0.15) is 18.2 Å². The molecule has 0 saturated heterocycles. The van der Waals surface area contributed by atoms with Gasteiger partial charge in [0.25, 0.3) is 5.56 Å². The van der Waals surface area contributed by atoms with Crippen LogP contribution in [0, 0.1) is 5.41 Å². The smallest absolute Gasteiger partial charge is 0.492 e. The Balaban J connectivity index is 0.000000733. The lowest BCUT2D eigenvalue weighted by atomic mass is 10.1. The fourth-order valence-corrected chi connectivity index (χ4v) is 3.32. The van der Waals surface area contributed by atoms with Crippen molar-refractivity contribution in [2.24, 2.45) is 11.6 Å². The average Bonchev–Trinajstić information content (AvgIpc) is 2.90. The van der Waals surface area contributed by atoms with Crippen LogP contribution in [0.5, 0.6) is 5.75 Å². The zero-order valence-corrected chi connectivity index (χ0v) is 21.7. The summed E-state index contributed by atoms with van der Waals surface area (Å²) in [7, 11) is 0. The first-order valence-electron chi connectivity index (χ1n) is 11.8. The highest BCUT2D eigenvalue weighted by atomic mass is 16.6. The van der Waals surface area contributed by atoms with Crippen LogP contribution >= 0.6 is 0 Å². The highest BCUT2D eigenvalue weighted by molar-refractivity contribution is 5.77. The molecule has 14 heteroatoms. The molecule has 1 unspecified atom stereocenters. The molecule has 0 aliphatic carbocycles. The van der Waals surface area contributed by atoms with Crippen LogP contribution in [-0.4, -0.2) is 62.3 Å². The van der Waals surface area contributed by atoms with Crippen LogP contribution in [0.3, 0.4) is 0 Å². The molecule has 1 atom stereocenters. The van der Waals surface area contributed by atoms with Gasteiger partial charge in [-0.3, -0.25) is 20.2 Å². The van der Waals surface area contributed by atoms with Crippen molar-refractivity contribution in [3.05, 3.63) is 70.3 Å². The molecule has 2 aromatic carbocycles. The first-order chi connectivity index (χ1) is 18.5. The number of hydrogen-bond acceptors (Lipinski definition) is 8. The Labute approximate surface area is 224 Å². The summed E-state index contributed by atoms with van der Waals surface area (Å²) in [6.07, 6.45) is -1.75. The van der Waals surface area contributed by atoms with E-state index in [0.717, 1.165) is 11.4 Å². The number of aromatic nitrogens is 2. The van der Waals surface area contributed by atoms with Crippen molar-refractivity contribution >= 4 is 29.0 Å². The van der Waals surface area contributed by atoms with Crippen LogP contribution in [0.25, 0.3) is 10.9 Å². The summed E-state index contributed by atoms with van der Waals surface area (Å²) in [5.74, 6) is 4.76. The lowest BCUT2D eigenvalue weighted by Crippen LogP contribution is -2.35. The Morgan fingerprint density at radius 1 is 1.10 bits per heavy atom. The third-order valence-electron chi connectivity index (χ3n) is 4.98. The lowest BCUT2D eigenvalue weighted by Gasteiger charge is -2.14. The average molecular weight is 547 g/mol. The highest BCUT2D eigenvalue weighted by Crippen LogP contribution is 2.15. The minimum atomic E-state index is -1.83. The van der Waals surface area contributed by atoms with Crippen LogP contribution in [0.1, 0.15) is 25.2 Å². The largest absolute Gasteiger partial charge is 0.503 e. The second kappa shape index (κ2) is 16.9. The van der Waals surface area contributed by atoms with Gasteiger partial charge in [-0.2, -0.15) is 0 Å². The van der Waals surface area contributed by atoms with Gasteiger partial charge in [0, 0.05) is 19.4 Å². The van der Waals surface area contributed by atoms with E-state index < -0.39 is 18.2 Å². The van der Waals surface area contributed by atoms with Gasteiger partial charge in [0.15, 0.2) is 12.1 Å². The number of aryl methyl sites for hydroxylation is 1. The van der Waals surface area contributed by atoms with Crippen molar-refractivity contribution in [1.29, 1.82) is 5.41 Å². The number of carboxylic acid groups (broad SMARTS) is 3. The van der Waals surface area contributed by atoms with Crippen LogP contribution in [0.15, 0.2) is 53.3 Å². The molecule has 3 rings (SSSR count). The monoisotopic (exact) mass is 546 g/mol. The molecule has 0 radical (unpaired) electrons. The number of fused-ring (bicyclic) bond motifs is 1. The maximum absolute atomic E-state index is 12.8. The molecule has 39 heavy (non-hydrogen) atoms. The van der Waals surface area contributed by atoms with Gasteiger partial charge in [-0.15, -0.1) is 0 Å². The van der Waals surface area contributed by atoms with Crippen molar-refractivity contribution in [2.45, 2.75) is 39.3 Å². The number of nitrogens with zero attached hydrogens (tertiary/aromatic N) is 2. The summed E-state index contributed by atoms with van der Waals surface area (Å²) in [5.41, 5.74) is 8.03. The van der Waals surface area contributed by atoms with E-state index in [4.69, 9.17) is 29.9 Å². The maximum Gasteiger partial charge on any atom is 0.503 e. The van der Waals surface area contributed by atoms with Crippen LogP contribution in [0.2, 0.25) is 0 Å². The molecule has 0 amide bonds. The van der Waals surface area contributed by atoms with Crippen molar-refractivity contribution in [1.82, 2.24) is 15.0 Å². The number of nitrogens with two attached hydrogens (primary N) is 2. The molecule has 0 fully saturated rings. The molecule has 14 nitrogen and oxygen atoms in total. The standard InChI is InChI=1S/C23H26N2O5.CH6N4.CH2O3/c1-3-21-24-19-8-6-5-7-18(19)22(26)25(21)13-14-30-17-11-9-16(10-12-17)15-20(23(27)28)29-4-2;2-1(3)5-4;2-1(3)4/h5-12,20H,3-4,13-15H2,1-2H3,(H,27,28);4H2,(H4,2,3,5);(H2,2,3,4). The molecule has 0 bridgehead atoms. The summed E-state index contributed by atoms with van der Waals surface area (Å²) in [6, 6.07) is 14.6. The Kier molecular flexibility index (Phi) is 14.0. The van der Waals surface area contributed by atoms with Gasteiger partial charge in [-0.25, -0.2) is 20.4 Å². The third kappa shape index (κ3) is 11.5. The number of hydrazine groups is 1. The van der Waals surface area contributed by atoms with E-state index in [1.807, 2.05) is 42.7 Å². The van der Waals surface area contributed by atoms with Gasteiger partial charge < -0.3 is 30.5 Å². The summed E-state index contributed by atoms with van der Waals surface area (Å²) < 4.78 is 12.7. The number of carboxylic acids is 1. The number of rotatable bonds is 10. The number of guanidine groups is 1. The summed E-state index contributed by atoms with van der Waals surface area (Å²) >= 11 is 0. The van der Waals surface area contributed by atoms with Crippen LogP contribution in [-0.2, 0) is 28.9 Å². The fourth-order valence-electron chi connectivity index (χ4n) is 3.32. The molecular formula is C25H34N6O8. The van der Waals surface area contributed by atoms with E-state index >= 15 is 0 Å². The molecule has 0 aliphatic heterocycles. The highest BCUT2D eigenvalue weighted by Gasteiger charge is 2.17. The van der Waals surface area contributed by atoms with E-state index in [0.29, 0.717) is 49.3 Å². The van der Waals surface area contributed by atoms with E-state index in [-0.39, 0.29) is 11.5 Å². The summed E-state index contributed by atoms with van der Waals surface area (Å²) in [6.45, 7) is 4.81. The van der Waals surface area contributed by atoms with Gasteiger partial charge in [0.05, 0.1) is 17.4 Å². The molecule has 9 N–H and O–H groups in total. The summed E-state index contributed by atoms with van der Waals surface area (Å²) in [4.78, 5) is 37.2. The Hall–Kier alpha value is -4.69. The Morgan fingerprint density at radius 2 is 1.69 bits per heavy atom. The fraction of sp³-hybridized carbons (Fsp3) is 0.320. The minimum Gasteiger partial charge on any atom is -0.492 e. The third-order valence-corrected chi connectivity index (χ3v) is 4.98. The number of para-hydroxylation sites is 1. The van der Waals surface area contributed by atoms with Gasteiger partial charge in [-0.1, -0.05) is 31.2 Å². The second-order valence-corrected chi connectivity index (χ2v) is 7.67. The zero-order chi connectivity index (χ0) is 29.4. The van der Waals surface area contributed by atoms with E-state index in [1.165, 1.54) is 0 Å². The van der Waals surface area contributed by atoms with Gasteiger partial charge >= 0.3 is 12.1 Å². The number of carbonyl (C=O) groups is 2. The molecular weight excluding hydrogens is 512 g/mol. The van der Waals surface area contributed by atoms with Crippen molar-refractivity contribution in [3.8, 4) is 5.75 Å². The quantitative estimate of drug-likeness (QED) is 0.0831. The molecule has 0 spiro atoms. The SMILES string of the molecule is CCOC(Cc1ccc(OCCn2c(CC)nc3ccccc3c2=O)cc1)C(=O)O.N=C(N)NN.O=C(O)O. The maximum atomic E-state index is 12.8. The zero-order valence-electron chi connectivity index (χ0n) is 21.7. The summed E-state index contributed by atoms with van der Waals surface area (Å²) in [5, 5.41) is 30.0. The topological polar surface area (TPSA) is 236 Å². The minimum absolute atomic E-state index is 0.0629. The Morgan fingerprint density at radius 3 is 2.21 bits per heavy atom. The van der Waals surface area contributed by atoms with E-state index in [9.17, 15) is 14.7 Å². The predicted octanol–water partition coefficient (Wildman–Crippen LogP) is 1.64. The number of nitrogens with one attached hydrogen (secondary N) is 2. The molecule has 1 aromatic heterocycles. The second-order valence-electron chi connectivity index (χ2n) is 7.67. The molecule has 0 saturated carbocycles. The molecule has 0 aliphatic rings. The molecule has 3 aromatic rings. The van der Waals surface area contributed by atoms with Crippen molar-refractivity contribution in [3.63, 3.8) is 0 Å². The molecule has 212 valence electrons. The number of hydrogen-bond donors (Lipinski definition) is 7. The first-order valence-corrected chi connectivity index (χ1v) is 11.8. The number of benzene rings is 2. The van der Waals surface area contributed by atoms with Gasteiger partial charge in [0.2, 0.25) is 0 Å². The Bertz CT molecular complexity index is 1280. The lowest BCUT2D eigenvalue weighted by molar-refractivity contribution is -0.149. The van der Waals surface area contributed by atoms with Crippen molar-refractivity contribution in [2.75, 3.05) is 13.2 Å². The first kappa shape index (κ1) is 32.3. The number of aliphatic carboxylic acids is 1.